The third kappa shape index (κ3) is 5.22. The smallest absolute Gasteiger partial charge is 0.0317 e. The van der Waals surface area contributed by atoms with Crippen LogP contribution in [0.4, 0.5) is 0 Å². The van der Waals surface area contributed by atoms with Crippen LogP contribution in [0, 0.1) is 0 Å². The summed E-state index contributed by atoms with van der Waals surface area (Å²) < 4.78 is 0. The molecule has 0 saturated carbocycles. The summed E-state index contributed by atoms with van der Waals surface area (Å²) in [6, 6.07) is 0. The van der Waals surface area contributed by atoms with Crippen molar-refractivity contribution in [2.24, 2.45) is 5.73 Å². The zero-order valence-corrected chi connectivity index (χ0v) is 12.5. The Hall–Kier alpha value is -0.160. The van der Waals surface area contributed by atoms with E-state index >= 15 is 0 Å². The van der Waals surface area contributed by atoms with Gasteiger partial charge < -0.3 is 20.9 Å². The van der Waals surface area contributed by atoms with Gasteiger partial charge in [-0.25, -0.2) is 0 Å². The van der Waals surface area contributed by atoms with Gasteiger partial charge in [0.05, 0.1) is 0 Å². The number of hydrogen-bond acceptors (Lipinski definition) is 4. The van der Waals surface area contributed by atoms with Gasteiger partial charge in [-0.15, -0.1) is 0 Å². The Morgan fingerprint density at radius 1 is 1.28 bits per heavy atom. The van der Waals surface area contributed by atoms with Crippen molar-refractivity contribution in [2.75, 3.05) is 53.4 Å². The van der Waals surface area contributed by atoms with Crippen LogP contribution in [0.25, 0.3) is 0 Å². The van der Waals surface area contributed by atoms with Crippen molar-refractivity contribution in [3.05, 3.63) is 0 Å². The number of nitrogens with two attached hydrogens (primary N) is 1. The molecular formula is C14H32N4. The van der Waals surface area contributed by atoms with Crippen molar-refractivity contribution in [2.45, 2.75) is 38.1 Å². The molecule has 1 heterocycles. The van der Waals surface area contributed by atoms with Crippen LogP contribution < -0.4 is 11.1 Å². The molecule has 0 aromatic carbocycles. The maximum absolute atomic E-state index is 6.05. The maximum Gasteiger partial charge on any atom is 0.0317 e. The summed E-state index contributed by atoms with van der Waals surface area (Å²) in [6.07, 6.45) is 4.93. The predicted molar refractivity (Wildman–Crippen MR) is 78.9 cm³/mol. The molecule has 3 N–H and O–H groups in total. The van der Waals surface area contributed by atoms with Crippen molar-refractivity contribution in [1.82, 2.24) is 15.1 Å². The average Bonchev–Trinajstić information content (AvgIpc) is 2.53. The Kier molecular flexibility index (Phi) is 7.15. The molecule has 0 spiro atoms. The summed E-state index contributed by atoms with van der Waals surface area (Å²) in [5.74, 6) is 0. The molecule has 1 aliphatic heterocycles. The predicted octanol–water partition coefficient (Wildman–Crippen LogP) is 0.731. The van der Waals surface area contributed by atoms with Crippen molar-refractivity contribution >= 4 is 0 Å². The zero-order chi connectivity index (χ0) is 13.4. The number of likely N-dealkylation sites (N-methyl/N-ethyl adjacent to an activating group) is 1. The fraction of sp³-hybridized carbons (Fsp3) is 1.00. The lowest BCUT2D eigenvalue weighted by Gasteiger charge is -2.33. The molecule has 18 heavy (non-hydrogen) atoms. The van der Waals surface area contributed by atoms with Gasteiger partial charge in [0.2, 0.25) is 0 Å². The second-order valence-corrected chi connectivity index (χ2v) is 5.91. The first-order valence-electron chi connectivity index (χ1n) is 7.44. The van der Waals surface area contributed by atoms with Crippen LogP contribution >= 0.6 is 0 Å². The lowest BCUT2D eigenvalue weighted by atomic mass is 9.90. The van der Waals surface area contributed by atoms with Crippen LogP contribution in [0.3, 0.4) is 0 Å². The molecule has 4 heteroatoms. The number of rotatable bonds is 7. The van der Waals surface area contributed by atoms with Gasteiger partial charge in [0, 0.05) is 25.2 Å². The summed E-state index contributed by atoms with van der Waals surface area (Å²) >= 11 is 0. The van der Waals surface area contributed by atoms with Crippen molar-refractivity contribution in [3.8, 4) is 0 Å². The van der Waals surface area contributed by atoms with Gasteiger partial charge in [0.1, 0.15) is 0 Å². The van der Waals surface area contributed by atoms with E-state index in [1.54, 1.807) is 0 Å². The van der Waals surface area contributed by atoms with Crippen molar-refractivity contribution in [3.63, 3.8) is 0 Å². The molecule has 0 aromatic heterocycles. The second-order valence-electron chi connectivity index (χ2n) is 5.91. The second kappa shape index (κ2) is 8.10. The number of nitrogens with one attached hydrogen (secondary N) is 1. The van der Waals surface area contributed by atoms with E-state index in [0.717, 1.165) is 19.6 Å². The number of hydrogen-bond donors (Lipinski definition) is 2. The van der Waals surface area contributed by atoms with E-state index < -0.39 is 0 Å². The first-order valence-corrected chi connectivity index (χ1v) is 7.44. The minimum absolute atomic E-state index is 0.179. The van der Waals surface area contributed by atoms with Crippen molar-refractivity contribution < 1.29 is 0 Å². The van der Waals surface area contributed by atoms with E-state index in [4.69, 9.17) is 5.73 Å². The summed E-state index contributed by atoms with van der Waals surface area (Å²) in [4.78, 5) is 4.81. The first-order chi connectivity index (χ1) is 8.62. The SMILES string of the molecule is CCCN1CCCC(CN)(NCCN(C)C)CC1. The molecule has 0 radical (unpaired) electrons. The minimum atomic E-state index is 0.179. The Morgan fingerprint density at radius 3 is 2.67 bits per heavy atom. The van der Waals surface area contributed by atoms with Crippen LogP contribution in [-0.4, -0.2) is 68.7 Å². The molecule has 1 aliphatic rings. The highest BCUT2D eigenvalue weighted by atomic mass is 15.1. The molecule has 0 bridgehead atoms. The van der Waals surface area contributed by atoms with E-state index in [1.165, 1.54) is 45.3 Å². The first kappa shape index (κ1) is 15.9. The average molecular weight is 256 g/mol. The molecular weight excluding hydrogens is 224 g/mol. The Labute approximate surface area is 113 Å². The molecule has 108 valence electrons. The Balaban J connectivity index is 2.43. The molecule has 1 saturated heterocycles. The highest BCUT2D eigenvalue weighted by molar-refractivity contribution is 4.92. The van der Waals surface area contributed by atoms with Crippen LogP contribution in [0.5, 0.6) is 0 Å². The molecule has 0 amide bonds. The maximum atomic E-state index is 6.05. The van der Waals surface area contributed by atoms with E-state index in [-0.39, 0.29) is 5.54 Å². The zero-order valence-electron chi connectivity index (χ0n) is 12.5. The molecule has 1 fully saturated rings. The van der Waals surface area contributed by atoms with Gasteiger partial charge >= 0.3 is 0 Å². The monoisotopic (exact) mass is 256 g/mol. The standard InChI is InChI=1S/C14H32N4/c1-4-9-18-10-5-6-14(13-15,7-11-18)16-8-12-17(2)3/h16H,4-13,15H2,1-3H3. The normalized spacial score (nSPS) is 26.5. The molecule has 1 rings (SSSR count). The summed E-state index contributed by atoms with van der Waals surface area (Å²) in [7, 11) is 4.24. The molecule has 4 nitrogen and oxygen atoms in total. The van der Waals surface area contributed by atoms with Crippen LogP contribution in [0.1, 0.15) is 32.6 Å². The Morgan fingerprint density at radius 2 is 2.06 bits per heavy atom. The van der Waals surface area contributed by atoms with Gasteiger partial charge in [-0.05, 0) is 59.4 Å². The molecule has 0 aliphatic carbocycles. The summed E-state index contributed by atoms with van der Waals surface area (Å²) in [6.45, 7) is 8.82. The largest absolute Gasteiger partial charge is 0.329 e. The summed E-state index contributed by atoms with van der Waals surface area (Å²) in [5, 5.41) is 3.73. The number of nitrogens with zero attached hydrogens (tertiary/aromatic N) is 2. The fourth-order valence-electron chi connectivity index (χ4n) is 2.79. The van der Waals surface area contributed by atoms with Gasteiger partial charge in [0.15, 0.2) is 0 Å². The van der Waals surface area contributed by atoms with Crippen LogP contribution in [0.15, 0.2) is 0 Å². The number of likely N-dealkylation sites (tertiary alicyclic amines) is 1. The molecule has 1 unspecified atom stereocenters. The van der Waals surface area contributed by atoms with Gasteiger partial charge in [-0.2, -0.15) is 0 Å². The molecule has 1 atom stereocenters. The summed E-state index contributed by atoms with van der Waals surface area (Å²) in [5.41, 5.74) is 6.23. The lowest BCUT2D eigenvalue weighted by Crippen LogP contribution is -2.53. The third-order valence-corrected chi connectivity index (χ3v) is 4.03. The van der Waals surface area contributed by atoms with Gasteiger partial charge in [0.25, 0.3) is 0 Å². The lowest BCUT2D eigenvalue weighted by molar-refractivity contribution is 0.252. The van der Waals surface area contributed by atoms with E-state index in [1.807, 2.05) is 0 Å². The van der Waals surface area contributed by atoms with E-state index in [2.05, 4.69) is 36.1 Å². The molecule has 0 aromatic rings. The fourth-order valence-corrected chi connectivity index (χ4v) is 2.79. The van der Waals surface area contributed by atoms with Gasteiger partial charge in [-0.1, -0.05) is 6.92 Å². The van der Waals surface area contributed by atoms with Gasteiger partial charge in [-0.3, -0.25) is 0 Å². The van der Waals surface area contributed by atoms with Crippen LogP contribution in [0.2, 0.25) is 0 Å². The highest BCUT2D eigenvalue weighted by Crippen LogP contribution is 2.21. The quantitative estimate of drug-likeness (QED) is 0.705. The van der Waals surface area contributed by atoms with Crippen LogP contribution in [-0.2, 0) is 0 Å². The minimum Gasteiger partial charge on any atom is -0.329 e. The van der Waals surface area contributed by atoms with E-state index in [9.17, 15) is 0 Å². The topological polar surface area (TPSA) is 44.5 Å². The highest BCUT2D eigenvalue weighted by Gasteiger charge is 2.30. The Bertz CT molecular complexity index is 220. The van der Waals surface area contributed by atoms with Crippen molar-refractivity contribution in [1.29, 1.82) is 0 Å². The third-order valence-electron chi connectivity index (χ3n) is 4.03. The van der Waals surface area contributed by atoms with E-state index in [0.29, 0.717) is 0 Å².